The van der Waals surface area contributed by atoms with Gasteiger partial charge in [-0.15, -0.1) is 0 Å². The molecule has 108 valence electrons. The first kappa shape index (κ1) is 14.6. The van der Waals surface area contributed by atoms with Crippen LogP contribution >= 0.6 is 0 Å². The Morgan fingerprint density at radius 3 is 2.42 bits per heavy atom. The number of aromatic nitrogens is 2. The zero-order valence-corrected chi connectivity index (χ0v) is 12.9. The first-order valence-electron chi connectivity index (χ1n) is 7.52. The lowest BCUT2D eigenvalue weighted by Gasteiger charge is -2.43. The van der Waals surface area contributed by atoms with E-state index in [0.717, 1.165) is 18.9 Å². The van der Waals surface area contributed by atoms with Crippen LogP contribution in [0.25, 0.3) is 0 Å². The van der Waals surface area contributed by atoms with E-state index in [4.69, 9.17) is 5.73 Å². The molecule has 0 bridgehead atoms. The van der Waals surface area contributed by atoms with Crippen molar-refractivity contribution in [2.75, 3.05) is 6.54 Å². The molecule has 1 aromatic heterocycles. The highest BCUT2D eigenvalue weighted by Crippen LogP contribution is 2.46. The Labute approximate surface area is 117 Å². The molecule has 0 atom stereocenters. The highest BCUT2D eigenvalue weighted by atomic mass is 15.2. The van der Waals surface area contributed by atoms with E-state index in [1.54, 1.807) is 0 Å². The SMILES string of the molecule is Cn1cc(CC2(CN)CCC(C(C)(C)C)CC2)cn1. The molecule has 0 aromatic carbocycles. The maximum atomic E-state index is 6.12. The molecule has 0 spiro atoms. The van der Waals surface area contributed by atoms with Crippen LogP contribution in [0, 0.1) is 16.7 Å². The summed E-state index contributed by atoms with van der Waals surface area (Å²) in [5.41, 5.74) is 8.21. The van der Waals surface area contributed by atoms with Crippen LogP contribution in [0.1, 0.15) is 52.0 Å². The second-order valence-corrected chi connectivity index (χ2v) is 7.54. The Morgan fingerprint density at radius 2 is 2.00 bits per heavy atom. The van der Waals surface area contributed by atoms with Crippen LogP contribution in [0.2, 0.25) is 0 Å². The highest BCUT2D eigenvalue weighted by molar-refractivity contribution is 5.09. The van der Waals surface area contributed by atoms with Gasteiger partial charge in [-0.05, 0) is 61.0 Å². The van der Waals surface area contributed by atoms with E-state index in [1.165, 1.54) is 31.2 Å². The standard InChI is InChI=1S/C16H29N3/c1-15(2,3)14-5-7-16(12-17,8-6-14)9-13-10-18-19(4)11-13/h10-11,14H,5-9,12,17H2,1-4H3. The van der Waals surface area contributed by atoms with Crippen LogP contribution in [-0.4, -0.2) is 16.3 Å². The molecule has 1 aromatic rings. The van der Waals surface area contributed by atoms with Gasteiger partial charge in [0.05, 0.1) is 6.20 Å². The Morgan fingerprint density at radius 1 is 1.37 bits per heavy atom. The lowest BCUT2D eigenvalue weighted by molar-refractivity contribution is 0.0926. The first-order chi connectivity index (χ1) is 8.85. The Hall–Kier alpha value is -0.830. The second-order valence-electron chi connectivity index (χ2n) is 7.54. The summed E-state index contributed by atoms with van der Waals surface area (Å²) in [7, 11) is 1.98. The molecule has 0 unspecified atom stereocenters. The van der Waals surface area contributed by atoms with Crippen LogP contribution in [0.15, 0.2) is 12.4 Å². The first-order valence-corrected chi connectivity index (χ1v) is 7.52. The van der Waals surface area contributed by atoms with Crippen LogP contribution in [0.5, 0.6) is 0 Å². The zero-order valence-electron chi connectivity index (χ0n) is 12.9. The molecule has 0 amide bonds. The van der Waals surface area contributed by atoms with Gasteiger partial charge in [0, 0.05) is 13.2 Å². The van der Waals surface area contributed by atoms with Crippen molar-refractivity contribution in [1.82, 2.24) is 9.78 Å². The molecule has 1 aliphatic carbocycles. The van der Waals surface area contributed by atoms with Gasteiger partial charge in [-0.1, -0.05) is 20.8 Å². The van der Waals surface area contributed by atoms with E-state index >= 15 is 0 Å². The predicted octanol–water partition coefficient (Wildman–Crippen LogP) is 3.14. The van der Waals surface area contributed by atoms with Gasteiger partial charge in [0.2, 0.25) is 0 Å². The molecule has 1 saturated carbocycles. The second kappa shape index (κ2) is 5.28. The molecule has 3 nitrogen and oxygen atoms in total. The van der Waals surface area contributed by atoms with E-state index < -0.39 is 0 Å². The lowest BCUT2D eigenvalue weighted by Crippen LogP contribution is -2.39. The summed E-state index contributed by atoms with van der Waals surface area (Å²) >= 11 is 0. The number of hydrogen-bond donors (Lipinski definition) is 1. The molecular formula is C16H29N3. The smallest absolute Gasteiger partial charge is 0.0521 e. The topological polar surface area (TPSA) is 43.8 Å². The number of rotatable bonds is 3. The fourth-order valence-corrected chi connectivity index (χ4v) is 3.55. The third kappa shape index (κ3) is 3.38. The quantitative estimate of drug-likeness (QED) is 0.910. The van der Waals surface area contributed by atoms with E-state index in [9.17, 15) is 0 Å². The van der Waals surface area contributed by atoms with E-state index in [-0.39, 0.29) is 0 Å². The summed E-state index contributed by atoms with van der Waals surface area (Å²) in [5.74, 6) is 0.848. The summed E-state index contributed by atoms with van der Waals surface area (Å²) in [6.07, 6.45) is 10.4. The highest BCUT2D eigenvalue weighted by Gasteiger charge is 2.38. The van der Waals surface area contributed by atoms with Gasteiger partial charge in [0.25, 0.3) is 0 Å². The number of nitrogens with two attached hydrogens (primary N) is 1. The molecule has 2 N–H and O–H groups in total. The van der Waals surface area contributed by atoms with Crippen molar-refractivity contribution in [2.45, 2.75) is 52.9 Å². The molecule has 1 aliphatic rings. The number of hydrogen-bond acceptors (Lipinski definition) is 2. The van der Waals surface area contributed by atoms with Gasteiger partial charge in [0.1, 0.15) is 0 Å². The molecule has 1 fully saturated rings. The Bertz CT molecular complexity index is 406. The Balaban J connectivity index is 2.02. The third-order valence-electron chi connectivity index (χ3n) is 5.04. The number of aryl methyl sites for hydroxylation is 1. The molecule has 3 heteroatoms. The molecule has 0 radical (unpaired) electrons. The summed E-state index contributed by atoms with van der Waals surface area (Å²) in [4.78, 5) is 0. The monoisotopic (exact) mass is 263 g/mol. The minimum Gasteiger partial charge on any atom is -0.330 e. The normalized spacial score (nSPS) is 28.6. The molecule has 1 heterocycles. The van der Waals surface area contributed by atoms with Crippen molar-refractivity contribution in [3.05, 3.63) is 18.0 Å². The summed E-state index contributed by atoms with van der Waals surface area (Å²) < 4.78 is 1.89. The van der Waals surface area contributed by atoms with Gasteiger partial charge in [-0.25, -0.2) is 0 Å². The summed E-state index contributed by atoms with van der Waals surface area (Å²) in [6.45, 7) is 7.91. The maximum Gasteiger partial charge on any atom is 0.0521 e. The van der Waals surface area contributed by atoms with Crippen molar-refractivity contribution in [3.63, 3.8) is 0 Å². The average molecular weight is 263 g/mol. The molecule has 0 saturated heterocycles. The van der Waals surface area contributed by atoms with Gasteiger partial charge in [-0.2, -0.15) is 5.10 Å². The van der Waals surface area contributed by atoms with E-state index in [1.807, 2.05) is 17.9 Å². The molecule has 2 rings (SSSR count). The zero-order chi connectivity index (χ0) is 14.1. The average Bonchev–Trinajstić information content (AvgIpc) is 2.74. The van der Waals surface area contributed by atoms with Crippen LogP contribution in [0.4, 0.5) is 0 Å². The predicted molar refractivity (Wildman–Crippen MR) is 79.8 cm³/mol. The van der Waals surface area contributed by atoms with Gasteiger partial charge >= 0.3 is 0 Å². The van der Waals surface area contributed by atoms with Crippen LogP contribution in [0.3, 0.4) is 0 Å². The summed E-state index contributed by atoms with van der Waals surface area (Å²) in [6, 6.07) is 0. The van der Waals surface area contributed by atoms with Crippen molar-refractivity contribution < 1.29 is 0 Å². The van der Waals surface area contributed by atoms with Crippen molar-refractivity contribution in [3.8, 4) is 0 Å². The lowest BCUT2D eigenvalue weighted by atomic mass is 9.62. The molecular weight excluding hydrogens is 234 g/mol. The van der Waals surface area contributed by atoms with Crippen LogP contribution in [-0.2, 0) is 13.5 Å². The van der Waals surface area contributed by atoms with Crippen molar-refractivity contribution in [1.29, 1.82) is 0 Å². The fraction of sp³-hybridized carbons (Fsp3) is 0.812. The van der Waals surface area contributed by atoms with Crippen LogP contribution < -0.4 is 5.73 Å². The minimum absolute atomic E-state index is 0.310. The van der Waals surface area contributed by atoms with E-state index in [0.29, 0.717) is 10.8 Å². The van der Waals surface area contributed by atoms with Gasteiger partial charge in [-0.3, -0.25) is 4.68 Å². The minimum atomic E-state index is 0.310. The third-order valence-corrected chi connectivity index (χ3v) is 5.04. The summed E-state index contributed by atoms with van der Waals surface area (Å²) in [5, 5.41) is 4.28. The molecule has 19 heavy (non-hydrogen) atoms. The maximum absolute atomic E-state index is 6.12. The molecule has 0 aliphatic heterocycles. The fourth-order valence-electron chi connectivity index (χ4n) is 3.55. The van der Waals surface area contributed by atoms with E-state index in [2.05, 4.69) is 32.1 Å². The van der Waals surface area contributed by atoms with Gasteiger partial charge < -0.3 is 5.73 Å². The van der Waals surface area contributed by atoms with Gasteiger partial charge in [0.15, 0.2) is 0 Å². The number of nitrogens with zero attached hydrogens (tertiary/aromatic N) is 2. The van der Waals surface area contributed by atoms with Crippen molar-refractivity contribution >= 4 is 0 Å². The largest absolute Gasteiger partial charge is 0.330 e. The Kier molecular flexibility index (Phi) is 4.05. The van der Waals surface area contributed by atoms with Crippen molar-refractivity contribution in [2.24, 2.45) is 29.5 Å².